The third-order valence-corrected chi connectivity index (χ3v) is 3.30. The summed E-state index contributed by atoms with van der Waals surface area (Å²) in [4.78, 5) is 0. The molecule has 0 heterocycles. The van der Waals surface area contributed by atoms with E-state index in [0.717, 1.165) is 19.3 Å². The van der Waals surface area contributed by atoms with E-state index in [-0.39, 0.29) is 6.04 Å². The van der Waals surface area contributed by atoms with Crippen LogP contribution >= 0.6 is 0 Å². The Morgan fingerprint density at radius 1 is 1.50 bits per heavy atom. The lowest BCUT2D eigenvalue weighted by molar-refractivity contribution is 0.403. The molecule has 4 nitrogen and oxygen atoms in total. The van der Waals surface area contributed by atoms with Gasteiger partial charge in [0.25, 0.3) is 0 Å². The fraction of sp³-hybridized carbons (Fsp3) is 1.00. The lowest BCUT2D eigenvalue weighted by Gasteiger charge is -2.18. The highest BCUT2D eigenvalue weighted by atomic mass is 32.2. The molecule has 0 aromatic heterocycles. The summed E-state index contributed by atoms with van der Waals surface area (Å²) in [5.41, 5.74) is 5.32. The molecule has 1 rings (SSSR count). The second-order valence-corrected chi connectivity index (χ2v) is 5.18. The van der Waals surface area contributed by atoms with Crippen molar-refractivity contribution in [1.82, 2.24) is 4.31 Å². The normalized spacial score (nSPS) is 18.6. The van der Waals surface area contributed by atoms with Crippen LogP contribution in [0.3, 0.4) is 0 Å². The Morgan fingerprint density at radius 2 is 2.08 bits per heavy atom. The smallest absolute Gasteiger partial charge is 0.211 e. The van der Waals surface area contributed by atoms with Crippen LogP contribution in [0, 0.1) is 0 Å². The fourth-order valence-corrected chi connectivity index (χ4v) is 2.44. The maximum absolute atomic E-state index is 11.2. The van der Waals surface area contributed by atoms with Gasteiger partial charge in [-0.25, -0.2) is 8.42 Å². The van der Waals surface area contributed by atoms with Gasteiger partial charge in [0.05, 0.1) is 6.26 Å². The molecule has 5 heteroatoms. The van der Waals surface area contributed by atoms with Gasteiger partial charge < -0.3 is 5.73 Å². The fourth-order valence-electron chi connectivity index (χ4n) is 1.23. The van der Waals surface area contributed by atoms with Crippen LogP contribution in [0.1, 0.15) is 19.3 Å². The van der Waals surface area contributed by atoms with Crippen molar-refractivity contribution in [2.24, 2.45) is 5.73 Å². The maximum atomic E-state index is 11.2. The van der Waals surface area contributed by atoms with Crippen molar-refractivity contribution in [3.8, 4) is 0 Å². The Kier molecular flexibility index (Phi) is 3.09. The number of hydrogen-bond acceptors (Lipinski definition) is 3. The minimum absolute atomic E-state index is 0.270. The number of rotatable bonds is 5. The standard InChI is InChI=1S/C7H16N2O2S/c1-12(10,11)9(6-2-5-8)7-3-4-7/h7H,2-6,8H2,1H3. The van der Waals surface area contributed by atoms with Crippen molar-refractivity contribution in [3.05, 3.63) is 0 Å². The van der Waals surface area contributed by atoms with E-state index in [9.17, 15) is 8.42 Å². The van der Waals surface area contributed by atoms with Crippen molar-refractivity contribution in [3.63, 3.8) is 0 Å². The van der Waals surface area contributed by atoms with E-state index in [1.54, 1.807) is 4.31 Å². The van der Waals surface area contributed by atoms with Crippen molar-refractivity contribution in [1.29, 1.82) is 0 Å². The van der Waals surface area contributed by atoms with Crippen molar-refractivity contribution >= 4 is 10.0 Å². The quantitative estimate of drug-likeness (QED) is 0.654. The van der Waals surface area contributed by atoms with Crippen molar-refractivity contribution in [2.75, 3.05) is 19.3 Å². The molecule has 1 fully saturated rings. The minimum atomic E-state index is -3.00. The topological polar surface area (TPSA) is 63.4 Å². The number of sulfonamides is 1. The molecule has 0 aliphatic heterocycles. The van der Waals surface area contributed by atoms with Gasteiger partial charge in [-0.2, -0.15) is 4.31 Å². The van der Waals surface area contributed by atoms with E-state index < -0.39 is 10.0 Å². The molecule has 0 amide bonds. The Labute approximate surface area is 73.8 Å². The molecule has 0 aromatic carbocycles. The first-order valence-corrected chi connectivity index (χ1v) is 6.07. The molecular formula is C7H16N2O2S. The molecule has 12 heavy (non-hydrogen) atoms. The van der Waals surface area contributed by atoms with Crippen LogP contribution in [0.4, 0.5) is 0 Å². The van der Waals surface area contributed by atoms with Crippen LogP contribution in [0.5, 0.6) is 0 Å². The van der Waals surface area contributed by atoms with E-state index in [4.69, 9.17) is 5.73 Å². The third kappa shape index (κ3) is 2.73. The largest absolute Gasteiger partial charge is 0.330 e. The zero-order valence-electron chi connectivity index (χ0n) is 7.36. The van der Waals surface area contributed by atoms with E-state index in [1.807, 2.05) is 0 Å². The van der Waals surface area contributed by atoms with Crippen LogP contribution < -0.4 is 5.73 Å². The molecule has 0 atom stereocenters. The monoisotopic (exact) mass is 192 g/mol. The summed E-state index contributed by atoms with van der Waals surface area (Å²) in [5.74, 6) is 0. The van der Waals surface area contributed by atoms with Crippen LogP contribution in [0.25, 0.3) is 0 Å². The van der Waals surface area contributed by atoms with E-state index in [0.29, 0.717) is 13.1 Å². The second kappa shape index (κ2) is 3.72. The van der Waals surface area contributed by atoms with Crippen LogP contribution in [-0.2, 0) is 10.0 Å². The maximum Gasteiger partial charge on any atom is 0.211 e. The van der Waals surface area contributed by atoms with Gasteiger partial charge in [0.2, 0.25) is 10.0 Å². The third-order valence-electron chi connectivity index (χ3n) is 1.96. The second-order valence-electron chi connectivity index (χ2n) is 3.25. The van der Waals surface area contributed by atoms with E-state index >= 15 is 0 Å². The van der Waals surface area contributed by atoms with Crippen LogP contribution in [0.2, 0.25) is 0 Å². The molecule has 1 aliphatic rings. The van der Waals surface area contributed by atoms with Gasteiger partial charge in [-0.1, -0.05) is 0 Å². The highest BCUT2D eigenvalue weighted by Crippen LogP contribution is 2.28. The summed E-state index contributed by atoms with van der Waals surface area (Å²) in [6.07, 6.45) is 4.04. The van der Waals surface area contributed by atoms with E-state index in [2.05, 4.69) is 0 Å². The first kappa shape index (κ1) is 9.95. The molecule has 0 radical (unpaired) electrons. The SMILES string of the molecule is CS(=O)(=O)N(CCCN)C1CC1. The van der Waals surface area contributed by atoms with Crippen molar-refractivity contribution < 1.29 is 8.42 Å². The minimum Gasteiger partial charge on any atom is -0.330 e. The molecule has 0 saturated heterocycles. The lowest BCUT2D eigenvalue weighted by atomic mass is 10.4. The molecular weight excluding hydrogens is 176 g/mol. The van der Waals surface area contributed by atoms with Gasteiger partial charge in [-0.05, 0) is 25.8 Å². The predicted octanol–water partition coefficient (Wildman–Crippen LogP) is -0.241. The molecule has 0 aromatic rings. The summed E-state index contributed by atoms with van der Waals surface area (Å²) >= 11 is 0. The number of hydrogen-bond donors (Lipinski definition) is 1. The van der Waals surface area contributed by atoms with E-state index in [1.165, 1.54) is 6.26 Å². The van der Waals surface area contributed by atoms with Crippen LogP contribution in [-0.4, -0.2) is 38.1 Å². The number of nitrogens with zero attached hydrogens (tertiary/aromatic N) is 1. The average Bonchev–Trinajstić information content (AvgIpc) is 2.69. The highest BCUT2D eigenvalue weighted by molar-refractivity contribution is 7.88. The lowest BCUT2D eigenvalue weighted by Crippen LogP contribution is -2.33. The predicted molar refractivity (Wildman–Crippen MR) is 48.2 cm³/mol. The Balaban J connectivity index is 2.49. The first-order valence-electron chi connectivity index (χ1n) is 4.22. The Morgan fingerprint density at radius 3 is 2.42 bits per heavy atom. The number of nitrogens with two attached hydrogens (primary N) is 1. The Bertz CT molecular complexity index is 234. The van der Waals surface area contributed by atoms with Crippen molar-refractivity contribution in [2.45, 2.75) is 25.3 Å². The summed E-state index contributed by atoms with van der Waals surface area (Å²) in [5, 5.41) is 0. The molecule has 1 saturated carbocycles. The van der Waals surface area contributed by atoms with Gasteiger partial charge in [0.15, 0.2) is 0 Å². The first-order chi connectivity index (χ1) is 5.55. The molecule has 0 unspecified atom stereocenters. The summed E-state index contributed by atoms with van der Waals surface area (Å²) in [6, 6.07) is 0.270. The highest BCUT2D eigenvalue weighted by Gasteiger charge is 2.34. The summed E-state index contributed by atoms with van der Waals surface area (Å²) in [6.45, 7) is 1.14. The molecule has 1 aliphatic carbocycles. The Hall–Kier alpha value is -0.130. The molecule has 0 spiro atoms. The van der Waals surface area contributed by atoms with Gasteiger partial charge in [0, 0.05) is 12.6 Å². The van der Waals surface area contributed by atoms with Crippen LogP contribution in [0.15, 0.2) is 0 Å². The molecule has 2 N–H and O–H groups in total. The average molecular weight is 192 g/mol. The molecule has 72 valence electrons. The zero-order chi connectivity index (χ0) is 9.19. The van der Waals surface area contributed by atoms with Gasteiger partial charge in [-0.3, -0.25) is 0 Å². The van der Waals surface area contributed by atoms with Gasteiger partial charge >= 0.3 is 0 Å². The summed E-state index contributed by atoms with van der Waals surface area (Å²) < 4.78 is 24.0. The van der Waals surface area contributed by atoms with Gasteiger partial charge in [0.1, 0.15) is 0 Å². The zero-order valence-corrected chi connectivity index (χ0v) is 8.18. The van der Waals surface area contributed by atoms with Gasteiger partial charge in [-0.15, -0.1) is 0 Å². The summed E-state index contributed by atoms with van der Waals surface area (Å²) in [7, 11) is -3.00. The molecule has 0 bridgehead atoms.